The quantitative estimate of drug-likeness (QED) is 0.616. The molecule has 0 heterocycles. The standard InChI is InChI=1S/C18H29NO3SSi/c1-9-17(15(3)22-24(7,8)18(4,5)6)19-23(20,21)16-12-10-14(2)11-13-16/h1,10-13,15,17,19H,2-8H3/t15-,17-/m1/s1. The van der Waals surface area contributed by atoms with Gasteiger partial charge in [0, 0.05) is 0 Å². The van der Waals surface area contributed by atoms with Gasteiger partial charge in [-0.15, -0.1) is 6.42 Å². The summed E-state index contributed by atoms with van der Waals surface area (Å²) in [6.45, 7) is 14.4. The Labute approximate surface area is 148 Å². The first-order chi connectivity index (χ1) is 10.8. The Kier molecular flexibility index (Phi) is 6.45. The molecule has 6 heteroatoms. The minimum atomic E-state index is -3.68. The second-order valence-electron chi connectivity index (χ2n) is 7.66. The number of terminal acetylenes is 1. The first-order valence-corrected chi connectivity index (χ1v) is 12.4. The third kappa shape index (κ3) is 5.18. The van der Waals surface area contributed by atoms with E-state index in [4.69, 9.17) is 10.8 Å². The van der Waals surface area contributed by atoms with Gasteiger partial charge >= 0.3 is 0 Å². The monoisotopic (exact) mass is 367 g/mol. The lowest BCUT2D eigenvalue weighted by molar-refractivity contribution is 0.182. The van der Waals surface area contributed by atoms with Gasteiger partial charge in [0.15, 0.2) is 8.32 Å². The van der Waals surface area contributed by atoms with Gasteiger partial charge in [0.1, 0.15) is 6.04 Å². The van der Waals surface area contributed by atoms with Crippen LogP contribution >= 0.6 is 0 Å². The van der Waals surface area contributed by atoms with Crippen LogP contribution in [0, 0.1) is 19.3 Å². The van der Waals surface area contributed by atoms with Gasteiger partial charge in [-0.3, -0.25) is 0 Å². The van der Waals surface area contributed by atoms with Crippen molar-refractivity contribution >= 4 is 18.3 Å². The molecule has 1 aromatic carbocycles. The highest BCUT2D eigenvalue weighted by Crippen LogP contribution is 2.37. The maximum absolute atomic E-state index is 12.5. The molecule has 0 fully saturated rings. The van der Waals surface area contributed by atoms with Gasteiger partial charge in [0.2, 0.25) is 10.0 Å². The van der Waals surface area contributed by atoms with Crippen molar-refractivity contribution in [1.82, 2.24) is 4.72 Å². The van der Waals surface area contributed by atoms with Crippen molar-refractivity contribution in [2.45, 2.75) is 69.8 Å². The SMILES string of the molecule is C#C[C@@H](NS(=O)(=O)c1ccc(C)cc1)[C@@H](C)O[Si](C)(C)C(C)(C)C. The van der Waals surface area contributed by atoms with Gasteiger partial charge in [-0.2, -0.15) is 4.72 Å². The van der Waals surface area contributed by atoms with Crippen molar-refractivity contribution in [3.05, 3.63) is 29.8 Å². The molecule has 1 rings (SSSR count). The van der Waals surface area contributed by atoms with Crippen LogP contribution in [0.5, 0.6) is 0 Å². The second kappa shape index (κ2) is 7.40. The number of hydrogen-bond acceptors (Lipinski definition) is 3. The Bertz CT molecular complexity index is 697. The number of nitrogens with one attached hydrogen (secondary N) is 1. The molecule has 0 radical (unpaired) electrons. The topological polar surface area (TPSA) is 55.4 Å². The zero-order chi connectivity index (χ0) is 18.8. The summed E-state index contributed by atoms with van der Waals surface area (Å²) in [6.07, 6.45) is 5.16. The third-order valence-corrected chi connectivity index (χ3v) is 10.6. The van der Waals surface area contributed by atoms with E-state index in [9.17, 15) is 8.42 Å². The molecule has 0 aliphatic carbocycles. The number of hydrogen-bond donors (Lipinski definition) is 1. The molecule has 0 spiro atoms. The zero-order valence-electron chi connectivity index (χ0n) is 15.7. The lowest BCUT2D eigenvalue weighted by atomic mass is 10.2. The van der Waals surface area contributed by atoms with Crippen molar-refractivity contribution in [2.24, 2.45) is 0 Å². The first-order valence-electron chi connectivity index (χ1n) is 8.03. The Hall–Kier alpha value is -1.13. The molecule has 0 bridgehead atoms. The fraction of sp³-hybridized carbons (Fsp3) is 0.556. The van der Waals surface area contributed by atoms with Gasteiger partial charge in [0.25, 0.3) is 0 Å². The Balaban J connectivity index is 2.94. The van der Waals surface area contributed by atoms with Gasteiger partial charge in [0.05, 0.1) is 11.0 Å². The van der Waals surface area contributed by atoms with E-state index in [-0.39, 0.29) is 9.93 Å². The van der Waals surface area contributed by atoms with Crippen molar-refractivity contribution in [3.63, 3.8) is 0 Å². The minimum absolute atomic E-state index is 0.0240. The molecule has 134 valence electrons. The van der Waals surface area contributed by atoms with Crippen molar-refractivity contribution in [2.75, 3.05) is 0 Å². The van der Waals surface area contributed by atoms with E-state index in [1.807, 2.05) is 13.8 Å². The molecule has 1 aromatic rings. The van der Waals surface area contributed by atoms with Gasteiger partial charge in [-0.25, -0.2) is 8.42 Å². The average molecular weight is 368 g/mol. The van der Waals surface area contributed by atoms with E-state index in [0.717, 1.165) is 5.56 Å². The maximum atomic E-state index is 12.5. The number of aryl methyl sites for hydroxylation is 1. The highest BCUT2D eigenvalue weighted by Gasteiger charge is 2.40. The zero-order valence-corrected chi connectivity index (χ0v) is 17.5. The molecule has 0 saturated heterocycles. The van der Waals surface area contributed by atoms with E-state index >= 15 is 0 Å². The van der Waals surface area contributed by atoms with Crippen LogP contribution in [0.2, 0.25) is 18.1 Å². The van der Waals surface area contributed by atoms with Crippen molar-refractivity contribution in [3.8, 4) is 12.3 Å². The summed E-state index contributed by atoms with van der Waals surface area (Å²) in [5, 5.41) is 0.0240. The fourth-order valence-electron chi connectivity index (χ4n) is 1.93. The highest BCUT2D eigenvalue weighted by molar-refractivity contribution is 7.89. The van der Waals surface area contributed by atoms with Gasteiger partial charge in [-0.05, 0) is 44.1 Å². The van der Waals surface area contributed by atoms with E-state index in [0.29, 0.717) is 0 Å². The van der Waals surface area contributed by atoms with Gasteiger partial charge in [-0.1, -0.05) is 44.4 Å². The van der Waals surface area contributed by atoms with Crippen LogP contribution in [0.1, 0.15) is 33.3 Å². The van der Waals surface area contributed by atoms with Crippen LogP contribution in [0.4, 0.5) is 0 Å². The van der Waals surface area contributed by atoms with Gasteiger partial charge < -0.3 is 4.43 Å². The van der Waals surface area contributed by atoms with E-state index in [1.165, 1.54) is 0 Å². The molecule has 24 heavy (non-hydrogen) atoms. The minimum Gasteiger partial charge on any atom is -0.412 e. The van der Waals surface area contributed by atoms with E-state index in [1.54, 1.807) is 24.3 Å². The molecule has 0 unspecified atom stereocenters. The Morgan fingerprint density at radius 3 is 2.12 bits per heavy atom. The van der Waals surface area contributed by atoms with Crippen LogP contribution in [-0.4, -0.2) is 28.9 Å². The molecule has 0 aliphatic heterocycles. The summed E-state index contributed by atoms with van der Waals surface area (Å²) in [4.78, 5) is 0.202. The molecular weight excluding hydrogens is 338 g/mol. The summed E-state index contributed by atoms with van der Waals surface area (Å²) in [5.74, 6) is 2.52. The Morgan fingerprint density at radius 1 is 1.21 bits per heavy atom. The fourth-order valence-corrected chi connectivity index (χ4v) is 4.57. The molecule has 0 amide bonds. The molecule has 0 saturated carbocycles. The molecule has 0 aliphatic rings. The Morgan fingerprint density at radius 2 is 1.71 bits per heavy atom. The molecule has 0 aromatic heterocycles. The summed E-state index contributed by atoms with van der Waals surface area (Å²) < 4.78 is 33.9. The van der Waals surface area contributed by atoms with Crippen LogP contribution in [0.3, 0.4) is 0 Å². The summed E-state index contributed by atoms with van der Waals surface area (Å²) >= 11 is 0. The lowest BCUT2D eigenvalue weighted by Gasteiger charge is -2.39. The smallest absolute Gasteiger partial charge is 0.241 e. The van der Waals surface area contributed by atoms with Crippen LogP contribution in [0.15, 0.2) is 29.2 Å². The molecule has 2 atom stereocenters. The predicted octanol–water partition coefficient (Wildman–Crippen LogP) is 3.69. The summed E-state index contributed by atoms with van der Waals surface area (Å²) in [7, 11) is -5.72. The number of sulfonamides is 1. The van der Waals surface area contributed by atoms with Crippen LogP contribution in [-0.2, 0) is 14.4 Å². The second-order valence-corrected chi connectivity index (χ2v) is 14.1. The average Bonchev–Trinajstić information content (AvgIpc) is 2.43. The largest absolute Gasteiger partial charge is 0.412 e. The summed E-state index contributed by atoms with van der Waals surface area (Å²) in [5.41, 5.74) is 0.997. The van der Waals surface area contributed by atoms with Crippen LogP contribution < -0.4 is 4.72 Å². The van der Waals surface area contributed by atoms with Crippen molar-refractivity contribution in [1.29, 1.82) is 0 Å². The first kappa shape index (κ1) is 20.9. The predicted molar refractivity (Wildman–Crippen MR) is 102 cm³/mol. The number of benzene rings is 1. The molecule has 4 nitrogen and oxygen atoms in total. The highest BCUT2D eigenvalue weighted by atomic mass is 32.2. The third-order valence-electron chi connectivity index (χ3n) is 4.55. The van der Waals surface area contributed by atoms with Crippen LogP contribution in [0.25, 0.3) is 0 Å². The number of rotatable bonds is 6. The normalized spacial score (nSPS) is 15.6. The lowest BCUT2D eigenvalue weighted by Crippen LogP contribution is -2.50. The molecule has 1 N–H and O–H groups in total. The molecular formula is C18H29NO3SSi. The van der Waals surface area contributed by atoms with Crippen molar-refractivity contribution < 1.29 is 12.8 Å². The van der Waals surface area contributed by atoms with E-state index < -0.39 is 30.5 Å². The maximum Gasteiger partial charge on any atom is 0.241 e. The summed E-state index contributed by atoms with van der Waals surface area (Å²) in [6, 6.07) is 5.95. The van der Waals surface area contributed by atoms with E-state index in [2.05, 4.69) is 44.5 Å².